The second kappa shape index (κ2) is 20.1. The van der Waals surface area contributed by atoms with Gasteiger partial charge in [0.2, 0.25) is 0 Å². The number of hydrogen-bond donors (Lipinski definition) is 1. The van der Waals surface area contributed by atoms with Gasteiger partial charge in [-0.05, 0) is 42.7 Å². The van der Waals surface area contributed by atoms with Crippen LogP contribution in [-0.4, -0.2) is 25.5 Å². The molecule has 0 saturated carbocycles. The van der Waals surface area contributed by atoms with Gasteiger partial charge in [0, 0.05) is 20.4 Å². The summed E-state index contributed by atoms with van der Waals surface area (Å²) in [6, 6.07) is 6.79. The minimum atomic E-state index is 0. The fourth-order valence-electron chi connectivity index (χ4n) is 1.70. The Bertz CT molecular complexity index is 424. The predicted molar refractivity (Wildman–Crippen MR) is 102 cm³/mol. The number of benzene rings is 1. The van der Waals surface area contributed by atoms with Crippen LogP contribution in [0.3, 0.4) is 0 Å². The molecule has 0 aliphatic heterocycles. The number of phenols is 1. The summed E-state index contributed by atoms with van der Waals surface area (Å²) in [5.41, 5.74) is 2.61. The SMILES string of the molecule is C/C(C=O)=C(/C)c1ccc(O)cc1.CCCCCCC.C[N-]C.[Re]. The second-order valence-corrected chi connectivity index (χ2v) is 5.48. The van der Waals surface area contributed by atoms with Crippen LogP contribution >= 0.6 is 0 Å². The van der Waals surface area contributed by atoms with E-state index >= 15 is 0 Å². The molecule has 3 nitrogen and oxygen atoms in total. The molecule has 1 aromatic rings. The van der Waals surface area contributed by atoms with Crippen LogP contribution in [0.25, 0.3) is 10.9 Å². The van der Waals surface area contributed by atoms with Crippen LogP contribution in [0, 0.1) is 0 Å². The molecule has 0 bridgehead atoms. The third-order valence-electron chi connectivity index (χ3n) is 3.28. The molecule has 139 valence electrons. The molecular weight excluding hydrogens is 472 g/mol. The first-order valence-corrected chi connectivity index (χ1v) is 8.38. The summed E-state index contributed by atoms with van der Waals surface area (Å²) < 4.78 is 0. The second-order valence-electron chi connectivity index (χ2n) is 5.48. The topological polar surface area (TPSA) is 51.4 Å². The van der Waals surface area contributed by atoms with Gasteiger partial charge in [0.1, 0.15) is 12.0 Å². The van der Waals surface area contributed by atoms with Crippen molar-refractivity contribution in [1.82, 2.24) is 0 Å². The van der Waals surface area contributed by atoms with E-state index in [1.807, 2.05) is 6.92 Å². The van der Waals surface area contributed by atoms with Crippen molar-refractivity contribution in [2.24, 2.45) is 0 Å². The van der Waals surface area contributed by atoms with E-state index in [1.54, 1.807) is 45.3 Å². The molecule has 4 heteroatoms. The zero-order valence-corrected chi connectivity index (χ0v) is 18.8. The van der Waals surface area contributed by atoms with Crippen LogP contribution in [0.4, 0.5) is 0 Å². The van der Waals surface area contributed by atoms with Crippen molar-refractivity contribution in [3.8, 4) is 5.75 Å². The minimum absolute atomic E-state index is 0. The third-order valence-corrected chi connectivity index (χ3v) is 3.28. The van der Waals surface area contributed by atoms with Gasteiger partial charge in [-0.1, -0.05) is 58.1 Å². The van der Waals surface area contributed by atoms with Gasteiger partial charge in [0.05, 0.1) is 0 Å². The summed E-state index contributed by atoms with van der Waals surface area (Å²) in [5.74, 6) is 0.236. The summed E-state index contributed by atoms with van der Waals surface area (Å²) in [6.07, 6.45) is 7.84. The van der Waals surface area contributed by atoms with Crippen molar-refractivity contribution in [2.75, 3.05) is 14.1 Å². The Morgan fingerprint density at radius 2 is 1.42 bits per heavy atom. The first-order chi connectivity index (χ1) is 11.0. The number of carbonyl (C=O) groups excluding carboxylic acids is 1. The van der Waals surface area contributed by atoms with E-state index in [1.165, 1.54) is 32.1 Å². The first-order valence-electron chi connectivity index (χ1n) is 8.38. The Hall–Kier alpha value is -0.948. The molecule has 0 aromatic heterocycles. The third kappa shape index (κ3) is 15.9. The fourth-order valence-corrected chi connectivity index (χ4v) is 1.70. The van der Waals surface area contributed by atoms with E-state index in [0.29, 0.717) is 5.57 Å². The van der Waals surface area contributed by atoms with Gasteiger partial charge in [0.25, 0.3) is 0 Å². The number of rotatable bonds is 6. The predicted octanol–water partition coefficient (Wildman–Crippen LogP) is 5.98. The summed E-state index contributed by atoms with van der Waals surface area (Å²) in [5, 5.41) is 12.5. The number of aldehydes is 1. The van der Waals surface area contributed by atoms with E-state index in [-0.39, 0.29) is 26.2 Å². The first kappa shape index (κ1) is 27.9. The van der Waals surface area contributed by atoms with Crippen LogP contribution < -0.4 is 0 Å². The molecule has 0 fully saturated rings. The van der Waals surface area contributed by atoms with Gasteiger partial charge >= 0.3 is 0 Å². The van der Waals surface area contributed by atoms with Gasteiger partial charge in [-0.3, -0.25) is 4.79 Å². The standard InChI is InChI=1S/C11H12O2.C7H16.C2H6N.Re/c1-8(7-12)9(2)10-3-5-11(13)6-4-10;1-3-5-7-6-4-2;1-3-2;/h3-7,13H,1-2H3;3-7H2,1-2H3;1-2H3;/q;;-1;/b9-8+;;;. The average Bonchev–Trinajstić information content (AvgIpc) is 2.56. The maximum Gasteiger partial charge on any atom is 0.146 e. The molecule has 0 atom stereocenters. The molecule has 1 aromatic carbocycles. The zero-order chi connectivity index (χ0) is 18.1. The van der Waals surface area contributed by atoms with E-state index in [9.17, 15) is 4.79 Å². The van der Waals surface area contributed by atoms with Crippen molar-refractivity contribution in [3.63, 3.8) is 0 Å². The Morgan fingerprint density at radius 1 is 1.00 bits per heavy atom. The smallest absolute Gasteiger partial charge is 0.146 e. The molecular formula is C20H34NO2Re-. The Morgan fingerprint density at radius 3 is 1.75 bits per heavy atom. The minimum Gasteiger partial charge on any atom is -0.668 e. The van der Waals surface area contributed by atoms with Crippen LogP contribution in [0.2, 0.25) is 0 Å². The van der Waals surface area contributed by atoms with Gasteiger partial charge in [-0.2, -0.15) is 14.1 Å². The maximum atomic E-state index is 10.5. The zero-order valence-electron chi connectivity index (χ0n) is 16.1. The van der Waals surface area contributed by atoms with E-state index in [0.717, 1.165) is 17.4 Å². The molecule has 0 aliphatic carbocycles. The molecule has 1 rings (SSSR count). The molecule has 0 spiro atoms. The molecule has 0 aliphatic rings. The molecule has 0 saturated heterocycles. The quantitative estimate of drug-likeness (QED) is 0.293. The van der Waals surface area contributed by atoms with Crippen LogP contribution in [-0.2, 0) is 25.2 Å². The number of unbranched alkanes of at least 4 members (excludes halogenated alkanes) is 4. The van der Waals surface area contributed by atoms with Crippen LogP contribution in [0.5, 0.6) is 5.75 Å². The van der Waals surface area contributed by atoms with Crippen molar-refractivity contribution in [2.45, 2.75) is 59.8 Å². The summed E-state index contributed by atoms with van der Waals surface area (Å²) in [7, 11) is 3.50. The Labute approximate surface area is 162 Å². The number of hydrogen-bond acceptors (Lipinski definition) is 2. The molecule has 24 heavy (non-hydrogen) atoms. The number of nitrogens with zero attached hydrogens (tertiary/aromatic N) is 1. The summed E-state index contributed by atoms with van der Waals surface area (Å²) >= 11 is 0. The Kier molecular flexibility index (Phi) is 23.3. The monoisotopic (exact) mass is 507 g/mol. The number of allylic oxidation sites excluding steroid dienone is 2. The van der Waals surface area contributed by atoms with Gasteiger partial charge < -0.3 is 10.4 Å². The van der Waals surface area contributed by atoms with Crippen molar-refractivity contribution in [1.29, 1.82) is 0 Å². The largest absolute Gasteiger partial charge is 0.668 e. The summed E-state index contributed by atoms with van der Waals surface area (Å²) in [4.78, 5) is 10.5. The molecule has 0 heterocycles. The van der Waals surface area contributed by atoms with E-state index < -0.39 is 0 Å². The van der Waals surface area contributed by atoms with Crippen molar-refractivity contribution < 1.29 is 30.3 Å². The number of phenolic OH excluding ortho intramolecular Hbond substituents is 1. The van der Waals surface area contributed by atoms with Gasteiger partial charge in [-0.25, -0.2) is 0 Å². The molecule has 1 N–H and O–H groups in total. The number of aromatic hydroxyl groups is 1. The van der Waals surface area contributed by atoms with E-state index in [2.05, 4.69) is 19.2 Å². The van der Waals surface area contributed by atoms with E-state index in [4.69, 9.17) is 5.11 Å². The van der Waals surface area contributed by atoms with Crippen molar-refractivity contribution in [3.05, 3.63) is 40.7 Å². The molecule has 0 unspecified atom stereocenters. The number of carbonyl (C=O) groups is 1. The van der Waals surface area contributed by atoms with Crippen LogP contribution in [0.15, 0.2) is 29.8 Å². The van der Waals surface area contributed by atoms with Crippen molar-refractivity contribution >= 4 is 11.9 Å². The average molecular weight is 507 g/mol. The maximum absolute atomic E-state index is 10.5. The summed E-state index contributed by atoms with van der Waals surface area (Å²) in [6.45, 7) is 8.15. The molecule has 0 amide bonds. The molecule has 1 radical (unpaired) electrons. The van der Waals surface area contributed by atoms with Crippen LogP contribution in [0.1, 0.15) is 65.4 Å². The normalized spacial score (nSPS) is 10.1. The Balaban J connectivity index is -0.000000342. The van der Waals surface area contributed by atoms with Gasteiger partial charge in [-0.15, -0.1) is 0 Å². The van der Waals surface area contributed by atoms with Gasteiger partial charge in [0.15, 0.2) is 0 Å². The fraction of sp³-hybridized carbons (Fsp3) is 0.550.